The first-order valence-corrected chi connectivity index (χ1v) is 5.96. The van der Waals surface area contributed by atoms with Gasteiger partial charge in [0.1, 0.15) is 5.65 Å². The van der Waals surface area contributed by atoms with Crippen molar-refractivity contribution in [1.29, 1.82) is 0 Å². The lowest BCUT2D eigenvalue weighted by atomic mass is 10.1. The second-order valence-corrected chi connectivity index (χ2v) is 4.56. The van der Waals surface area contributed by atoms with Crippen LogP contribution < -0.4 is 0 Å². The number of likely N-dealkylation sites (N-methyl/N-ethyl adjacent to an activating group) is 1. The van der Waals surface area contributed by atoms with Crippen LogP contribution in [0.1, 0.15) is 23.9 Å². The van der Waals surface area contributed by atoms with E-state index in [0.29, 0.717) is 0 Å². The Labute approximate surface area is 95.7 Å². The van der Waals surface area contributed by atoms with Crippen molar-refractivity contribution < 1.29 is 0 Å². The summed E-state index contributed by atoms with van der Waals surface area (Å²) in [6, 6.07) is 4.31. The van der Waals surface area contributed by atoms with E-state index in [1.54, 1.807) is 0 Å². The topological polar surface area (TPSA) is 20.5 Å². The molecule has 0 saturated heterocycles. The fourth-order valence-electron chi connectivity index (χ4n) is 2.44. The molecule has 3 nitrogen and oxygen atoms in total. The maximum atomic E-state index is 4.72. The summed E-state index contributed by atoms with van der Waals surface area (Å²) in [6.45, 7) is 7.64. The van der Waals surface area contributed by atoms with E-state index in [1.165, 1.54) is 17.0 Å². The van der Waals surface area contributed by atoms with E-state index in [2.05, 4.69) is 41.5 Å². The molecular formula is C13H17N3. The van der Waals surface area contributed by atoms with Crippen LogP contribution in [0.3, 0.4) is 0 Å². The van der Waals surface area contributed by atoms with Gasteiger partial charge in [0.25, 0.3) is 0 Å². The van der Waals surface area contributed by atoms with Crippen LogP contribution >= 0.6 is 0 Å². The normalized spacial score (nSPS) is 16.6. The molecule has 0 fully saturated rings. The Morgan fingerprint density at radius 3 is 3.12 bits per heavy atom. The van der Waals surface area contributed by atoms with Crippen molar-refractivity contribution in [2.45, 2.75) is 26.8 Å². The van der Waals surface area contributed by atoms with Crippen molar-refractivity contribution >= 4 is 5.65 Å². The van der Waals surface area contributed by atoms with Crippen molar-refractivity contribution in [2.24, 2.45) is 0 Å². The van der Waals surface area contributed by atoms with E-state index in [4.69, 9.17) is 4.98 Å². The van der Waals surface area contributed by atoms with Crippen LogP contribution in [0.15, 0.2) is 18.3 Å². The number of hydrogen-bond acceptors (Lipinski definition) is 2. The van der Waals surface area contributed by atoms with Gasteiger partial charge in [-0.15, -0.1) is 0 Å². The summed E-state index contributed by atoms with van der Waals surface area (Å²) in [5.41, 5.74) is 5.04. The standard InChI is InChI=1S/C13H17N3/c1-3-15-6-5-11-12(9-15)16-7-4-10(2)8-13(16)14-11/h4,7-8H,3,5-6,9H2,1-2H3. The summed E-state index contributed by atoms with van der Waals surface area (Å²) >= 11 is 0. The average Bonchev–Trinajstić information content (AvgIpc) is 2.65. The number of hydrogen-bond donors (Lipinski definition) is 0. The van der Waals surface area contributed by atoms with Crippen molar-refractivity contribution in [2.75, 3.05) is 13.1 Å². The highest BCUT2D eigenvalue weighted by Crippen LogP contribution is 2.20. The summed E-state index contributed by atoms with van der Waals surface area (Å²) < 4.78 is 2.24. The molecule has 2 aromatic rings. The van der Waals surface area contributed by atoms with Gasteiger partial charge in [-0.3, -0.25) is 4.90 Å². The molecule has 84 valence electrons. The van der Waals surface area contributed by atoms with E-state index < -0.39 is 0 Å². The molecule has 0 N–H and O–H groups in total. The number of imidazole rings is 1. The van der Waals surface area contributed by atoms with Gasteiger partial charge in [-0.1, -0.05) is 6.92 Å². The Morgan fingerprint density at radius 2 is 2.31 bits per heavy atom. The molecule has 0 aliphatic carbocycles. The van der Waals surface area contributed by atoms with Gasteiger partial charge < -0.3 is 4.40 Å². The molecule has 0 unspecified atom stereocenters. The van der Waals surface area contributed by atoms with Crippen LogP contribution in [0.4, 0.5) is 0 Å². The van der Waals surface area contributed by atoms with Crippen LogP contribution in [0.2, 0.25) is 0 Å². The van der Waals surface area contributed by atoms with Gasteiger partial charge in [-0.2, -0.15) is 0 Å². The van der Waals surface area contributed by atoms with E-state index in [9.17, 15) is 0 Å². The molecule has 3 heterocycles. The molecule has 1 aliphatic rings. The Kier molecular flexibility index (Phi) is 2.21. The largest absolute Gasteiger partial charge is 0.302 e. The van der Waals surface area contributed by atoms with E-state index in [0.717, 1.165) is 31.7 Å². The molecule has 3 heteroatoms. The van der Waals surface area contributed by atoms with Gasteiger partial charge >= 0.3 is 0 Å². The Morgan fingerprint density at radius 1 is 1.44 bits per heavy atom. The quantitative estimate of drug-likeness (QED) is 0.725. The van der Waals surface area contributed by atoms with Gasteiger partial charge in [0.15, 0.2) is 0 Å². The monoisotopic (exact) mass is 215 g/mol. The third kappa shape index (κ3) is 1.43. The van der Waals surface area contributed by atoms with E-state index in [1.807, 2.05) is 0 Å². The zero-order chi connectivity index (χ0) is 11.1. The Balaban J connectivity index is 2.14. The van der Waals surface area contributed by atoms with Gasteiger partial charge in [-0.05, 0) is 31.2 Å². The predicted octanol–water partition coefficient (Wildman–Crippen LogP) is 2.02. The molecule has 2 aromatic heterocycles. The molecule has 0 spiro atoms. The second kappa shape index (κ2) is 3.59. The first-order valence-electron chi connectivity index (χ1n) is 5.96. The number of aromatic nitrogens is 2. The van der Waals surface area contributed by atoms with Gasteiger partial charge in [0, 0.05) is 25.7 Å². The maximum absolute atomic E-state index is 4.72. The molecule has 0 amide bonds. The third-order valence-corrected chi connectivity index (χ3v) is 3.45. The van der Waals surface area contributed by atoms with Crippen molar-refractivity contribution in [1.82, 2.24) is 14.3 Å². The molecule has 1 aliphatic heterocycles. The van der Waals surface area contributed by atoms with Gasteiger partial charge in [0.2, 0.25) is 0 Å². The van der Waals surface area contributed by atoms with Crippen LogP contribution in [0, 0.1) is 6.92 Å². The van der Waals surface area contributed by atoms with Crippen molar-refractivity contribution in [3.63, 3.8) is 0 Å². The van der Waals surface area contributed by atoms with Crippen LogP contribution in [-0.4, -0.2) is 27.4 Å². The Bertz CT molecular complexity index is 527. The number of rotatable bonds is 1. The molecule has 0 saturated carbocycles. The predicted molar refractivity (Wildman–Crippen MR) is 64.6 cm³/mol. The molecule has 0 bridgehead atoms. The van der Waals surface area contributed by atoms with Crippen LogP contribution in [0.25, 0.3) is 5.65 Å². The summed E-state index contributed by atoms with van der Waals surface area (Å²) in [5, 5.41) is 0. The van der Waals surface area contributed by atoms with Crippen LogP contribution in [0.5, 0.6) is 0 Å². The maximum Gasteiger partial charge on any atom is 0.137 e. The zero-order valence-corrected chi connectivity index (χ0v) is 9.90. The summed E-state index contributed by atoms with van der Waals surface area (Å²) in [7, 11) is 0. The number of pyridine rings is 1. The fourth-order valence-corrected chi connectivity index (χ4v) is 2.44. The SMILES string of the molecule is CCN1CCc2nc3cc(C)ccn3c2C1. The second-order valence-electron chi connectivity index (χ2n) is 4.56. The average molecular weight is 215 g/mol. The zero-order valence-electron chi connectivity index (χ0n) is 9.90. The van der Waals surface area contributed by atoms with E-state index >= 15 is 0 Å². The van der Waals surface area contributed by atoms with Crippen molar-refractivity contribution in [3.8, 4) is 0 Å². The highest BCUT2D eigenvalue weighted by atomic mass is 15.2. The Hall–Kier alpha value is -1.35. The van der Waals surface area contributed by atoms with Crippen LogP contribution in [-0.2, 0) is 13.0 Å². The minimum Gasteiger partial charge on any atom is -0.302 e. The highest BCUT2D eigenvalue weighted by Gasteiger charge is 2.19. The molecule has 3 rings (SSSR count). The molecular weight excluding hydrogens is 198 g/mol. The smallest absolute Gasteiger partial charge is 0.137 e. The number of nitrogens with zero attached hydrogens (tertiary/aromatic N) is 3. The van der Waals surface area contributed by atoms with Crippen molar-refractivity contribution in [3.05, 3.63) is 35.3 Å². The first kappa shape index (κ1) is 9.85. The fraction of sp³-hybridized carbons (Fsp3) is 0.462. The molecule has 0 aromatic carbocycles. The van der Waals surface area contributed by atoms with Gasteiger partial charge in [0.05, 0.1) is 11.4 Å². The minimum absolute atomic E-state index is 1.04. The number of fused-ring (bicyclic) bond motifs is 3. The summed E-state index contributed by atoms with van der Waals surface area (Å²) in [4.78, 5) is 7.19. The summed E-state index contributed by atoms with van der Waals surface area (Å²) in [6.07, 6.45) is 3.24. The van der Waals surface area contributed by atoms with Gasteiger partial charge in [-0.25, -0.2) is 4.98 Å². The highest BCUT2D eigenvalue weighted by molar-refractivity contribution is 5.46. The lowest BCUT2D eigenvalue weighted by Crippen LogP contribution is -2.30. The lowest BCUT2D eigenvalue weighted by molar-refractivity contribution is 0.262. The third-order valence-electron chi connectivity index (χ3n) is 3.45. The molecule has 0 atom stereocenters. The lowest BCUT2D eigenvalue weighted by Gasteiger charge is -2.24. The summed E-state index contributed by atoms with van der Waals surface area (Å²) in [5.74, 6) is 0. The minimum atomic E-state index is 1.04. The molecule has 16 heavy (non-hydrogen) atoms. The first-order chi connectivity index (χ1) is 7.78. The number of aryl methyl sites for hydroxylation is 1. The van der Waals surface area contributed by atoms with E-state index in [-0.39, 0.29) is 0 Å². The molecule has 0 radical (unpaired) electrons.